The summed E-state index contributed by atoms with van der Waals surface area (Å²) in [7, 11) is 1.53. The van der Waals surface area contributed by atoms with Crippen molar-refractivity contribution < 1.29 is 14.3 Å². The van der Waals surface area contributed by atoms with Gasteiger partial charge in [-0.3, -0.25) is 4.79 Å². The summed E-state index contributed by atoms with van der Waals surface area (Å²) in [6.07, 6.45) is -0.585. The topological polar surface area (TPSA) is 70.7 Å². The quantitative estimate of drug-likeness (QED) is 0.831. The third kappa shape index (κ3) is 2.12. The Balaban J connectivity index is 1.66. The normalized spacial score (nSPS) is 21.1. The Morgan fingerprint density at radius 1 is 1.35 bits per heavy atom. The molecule has 6 nitrogen and oxygen atoms in total. The van der Waals surface area contributed by atoms with E-state index >= 15 is 0 Å². The average molecular weight is 275 g/mol. The lowest BCUT2D eigenvalue weighted by Gasteiger charge is -2.47. The first-order valence-electron chi connectivity index (χ1n) is 6.56. The predicted octanol–water partition coefficient (Wildman–Crippen LogP) is 0.268. The highest BCUT2D eigenvalue weighted by Gasteiger charge is 2.50. The summed E-state index contributed by atoms with van der Waals surface area (Å²) in [5, 5.41) is 5.59. The molecule has 3 rings (SSSR count). The first kappa shape index (κ1) is 12.9. The Bertz CT molecular complexity index is 526. The molecule has 1 unspecified atom stereocenters. The summed E-state index contributed by atoms with van der Waals surface area (Å²) in [6.45, 7) is 1.62. The summed E-state index contributed by atoms with van der Waals surface area (Å²) in [6, 6.07) is 9.25. The van der Waals surface area contributed by atoms with Crippen LogP contribution in [0.3, 0.4) is 0 Å². The summed E-state index contributed by atoms with van der Waals surface area (Å²) >= 11 is 0. The summed E-state index contributed by atoms with van der Waals surface area (Å²) < 4.78 is 5.33. The van der Waals surface area contributed by atoms with Gasteiger partial charge in [-0.25, -0.2) is 4.79 Å². The number of hydrogen-bond acceptors (Lipinski definition) is 3. The zero-order chi connectivity index (χ0) is 14.2. The van der Waals surface area contributed by atoms with E-state index in [2.05, 4.69) is 10.6 Å². The highest BCUT2D eigenvalue weighted by Crippen LogP contribution is 2.28. The number of nitrogens with one attached hydrogen (secondary N) is 2. The molecule has 0 aromatic heterocycles. The summed E-state index contributed by atoms with van der Waals surface area (Å²) in [5.41, 5.74) is 0.552. The van der Waals surface area contributed by atoms with Gasteiger partial charge >= 0.3 is 6.03 Å². The molecule has 1 aromatic rings. The zero-order valence-electron chi connectivity index (χ0n) is 11.3. The molecule has 1 spiro atoms. The molecule has 2 N–H and O–H groups in total. The van der Waals surface area contributed by atoms with Crippen molar-refractivity contribution in [2.24, 2.45) is 0 Å². The van der Waals surface area contributed by atoms with Gasteiger partial charge in [0.05, 0.1) is 5.54 Å². The van der Waals surface area contributed by atoms with Gasteiger partial charge in [-0.2, -0.15) is 0 Å². The maximum absolute atomic E-state index is 12.4. The van der Waals surface area contributed by atoms with Gasteiger partial charge in [-0.1, -0.05) is 30.3 Å². The van der Waals surface area contributed by atoms with E-state index in [-0.39, 0.29) is 17.5 Å². The Labute approximate surface area is 117 Å². The van der Waals surface area contributed by atoms with Gasteiger partial charge in [-0.15, -0.1) is 0 Å². The monoisotopic (exact) mass is 275 g/mol. The number of carbonyl (C=O) groups excluding carboxylic acids is 2. The van der Waals surface area contributed by atoms with Crippen molar-refractivity contribution in [3.63, 3.8) is 0 Å². The van der Waals surface area contributed by atoms with Gasteiger partial charge in [0.25, 0.3) is 5.91 Å². The number of methoxy groups -OCH3 is 1. The fourth-order valence-electron chi connectivity index (χ4n) is 2.78. The molecule has 20 heavy (non-hydrogen) atoms. The van der Waals surface area contributed by atoms with E-state index in [1.54, 1.807) is 4.90 Å². The lowest BCUT2D eigenvalue weighted by Crippen LogP contribution is -2.70. The summed E-state index contributed by atoms with van der Waals surface area (Å²) in [5.74, 6) is -0.0644. The molecule has 0 saturated carbocycles. The standard InChI is InChI=1S/C14H17N3O3/c1-20-11(10-5-3-2-4-6-10)12(18)17-8-14(9-17)7-15-13(19)16-14/h2-6,11H,7-9H2,1H3,(H2,15,16,19). The number of likely N-dealkylation sites (tertiary alicyclic amines) is 1. The van der Waals surface area contributed by atoms with Crippen molar-refractivity contribution >= 4 is 11.9 Å². The van der Waals surface area contributed by atoms with Crippen LogP contribution in [-0.2, 0) is 9.53 Å². The van der Waals surface area contributed by atoms with Crippen LogP contribution in [0.25, 0.3) is 0 Å². The maximum Gasteiger partial charge on any atom is 0.315 e. The second-order valence-electron chi connectivity index (χ2n) is 5.31. The van der Waals surface area contributed by atoms with E-state index in [1.807, 2.05) is 30.3 Å². The molecule has 1 atom stereocenters. The van der Waals surface area contributed by atoms with Crippen molar-refractivity contribution in [1.82, 2.24) is 15.5 Å². The molecule has 2 aliphatic heterocycles. The molecule has 0 radical (unpaired) electrons. The fourth-order valence-corrected chi connectivity index (χ4v) is 2.78. The number of ether oxygens (including phenoxy) is 1. The largest absolute Gasteiger partial charge is 0.367 e. The first-order chi connectivity index (χ1) is 9.63. The van der Waals surface area contributed by atoms with E-state index in [1.165, 1.54) is 7.11 Å². The minimum absolute atomic E-state index is 0.0644. The number of nitrogens with zero attached hydrogens (tertiary/aromatic N) is 1. The Hall–Kier alpha value is -2.08. The van der Waals surface area contributed by atoms with E-state index in [4.69, 9.17) is 4.74 Å². The highest BCUT2D eigenvalue weighted by molar-refractivity contribution is 5.85. The minimum atomic E-state index is -0.585. The van der Waals surface area contributed by atoms with Crippen LogP contribution >= 0.6 is 0 Å². The third-order valence-corrected chi connectivity index (χ3v) is 3.83. The number of amides is 3. The van der Waals surface area contributed by atoms with E-state index in [0.29, 0.717) is 19.6 Å². The Kier molecular flexibility index (Phi) is 3.10. The van der Waals surface area contributed by atoms with Crippen molar-refractivity contribution in [3.8, 4) is 0 Å². The second kappa shape index (κ2) is 4.79. The van der Waals surface area contributed by atoms with Gasteiger partial charge in [0.2, 0.25) is 0 Å². The first-order valence-corrected chi connectivity index (χ1v) is 6.56. The van der Waals surface area contributed by atoms with Crippen LogP contribution in [0, 0.1) is 0 Å². The van der Waals surface area contributed by atoms with Gasteiger partial charge in [0, 0.05) is 26.7 Å². The molecule has 2 saturated heterocycles. The van der Waals surface area contributed by atoms with Gasteiger partial charge in [0.1, 0.15) is 0 Å². The maximum atomic E-state index is 12.4. The zero-order valence-corrected chi connectivity index (χ0v) is 11.3. The number of hydrogen-bond donors (Lipinski definition) is 2. The third-order valence-electron chi connectivity index (χ3n) is 3.83. The van der Waals surface area contributed by atoms with Crippen LogP contribution in [-0.4, -0.2) is 49.1 Å². The second-order valence-corrected chi connectivity index (χ2v) is 5.31. The van der Waals surface area contributed by atoms with Crippen LogP contribution in [0.4, 0.5) is 4.79 Å². The molecule has 3 amide bonds. The molecular formula is C14H17N3O3. The molecule has 6 heteroatoms. The van der Waals surface area contributed by atoms with E-state index in [9.17, 15) is 9.59 Å². The minimum Gasteiger partial charge on any atom is -0.367 e. The summed E-state index contributed by atoms with van der Waals surface area (Å²) in [4.78, 5) is 25.4. The van der Waals surface area contributed by atoms with Crippen LogP contribution in [0.2, 0.25) is 0 Å². The molecule has 2 fully saturated rings. The molecule has 106 valence electrons. The van der Waals surface area contributed by atoms with Crippen molar-refractivity contribution in [3.05, 3.63) is 35.9 Å². The van der Waals surface area contributed by atoms with Crippen LogP contribution < -0.4 is 10.6 Å². The molecule has 1 aromatic carbocycles. The van der Waals surface area contributed by atoms with Crippen LogP contribution in [0.1, 0.15) is 11.7 Å². The lowest BCUT2D eigenvalue weighted by molar-refractivity contribution is -0.150. The average Bonchev–Trinajstić information content (AvgIpc) is 2.81. The Morgan fingerprint density at radius 2 is 2.05 bits per heavy atom. The molecule has 0 bridgehead atoms. The van der Waals surface area contributed by atoms with Gasteiger partial charge in [-0.05, 0) is 5.56 Å². The van der Waals surface area contributed by atoms with Crippen molar-refractivity contribution in [2.45, 2.75) is 11.6 Å². The number of rotatable bonds is 3. The molecular weight excluding hydrogens is 258 g/mol. The highest BCUT2D eigenvalue weighted by atomic mass is 16.5. The van der Waals surface area contributed by atoms with Crippen molar-refractivity contribution in [1.29, 1.82) is 0 Å². The van der Waals surface area contributed by atoms with Crippen LogP contribution in [0.5, 0.6) is 0 Å². The van der Waals surface area contributed by atoms with Gasteiger partial charge in [0.15, 0.2) is 6.10 Å². The lowest BCUT2D eigenvalue weighted by atomic mass is 9.90. The molecule has 2 aliphatic rings. The smallest absolute Gasteiger partial charge is 0.315 e. The van der Waals surface area contributed by atoms with E-state index < -0.39 is 6.10 Å². The SMILES string of the molecule is COC(C(=O)N1CC2(CNC(=O)N2)C1)c1ccccc1. The van der Waals surface area contributed by atoms with Gasteiger partial charge < -0.3 is 20.3 Å². The molecule has 0 aliphatic carbocycles. The fraction of sp³-hybridized carbons (Fsp3) is 0.429. The van der Waals surface area contributed by atoms with E-state index in [0.717, 1.165) is 5.56 Å². The van der Waals surface area contributed by atoms with Crippen LogP contribution in [0.15, 0.2) is 30.3 Å². The predicted molar refractivity (Wildman–Crippen MR) is 72.0 cm³/mol. The molecule has 2 heterocycles. The van der Waals surface area contributed by atoms with Crippen molar-refractivity contribution in [2.75, 3.05) is 26.7 Å². The number of carbonyl (C=O) groups is 2. The number of urea groups is 1. The number of benzene rings is 1. The Morgan fingerprint density at radius 3 is 2.60 bits per heavy atom.